The molecule has 0 radical (unpaired) electrons. The molecule has 1 N–H and O–H groups in total. The van der Waals surface area contributed by atoms with Gasteiger partial charge in [0.15, 0.2) is 0 Å². The normalized spacial score (nSPS) is 28.4. The highest BCUT2D eigenvalue weighted by molar-refractivity contribution is 4.79. The van der Waals surface area contributed by atoms with Crippen LogP contribution in [0.3, 0.4) is 0 Å². The van der Waals surface area contributed by atoms with E-state index >= 15 is 0 Å². The first-order valence-corrected chi connectivity index (χ1v) is 8.77. The maximum atomic E-state index is 3.79. The van der Waals surface area contributed by atoms with Crippen molar-refractivity contribution in [1.29, 1.82) is 0 Å². The lowest BCUT2D eigenvalue weighted by atomic mass is 9.96. The second-order valence-electron chi connectivity index (χ2n) is 6.86. The predicted octanol–water partition coefficient (Wildman–Crippen LogP) is 3.81. The Morgan fingerprint density at radius 1 is 1.05 bits per heavy atom. The number of rotatable bonds is 6. The summed E-state index contributed by atoms with van der Waals surface area (Å²) in [6, 6.07) is 1.54. The van der Waals surface area contributed by atoms with E-state index in [0.29, 0.717) is 0 Å². The Hall–Kier alpha value is -0.0800. The number of likely N-dealkylation sites (tertiary alicyclic amines) is 1. The van der Waals surface area contributed by atoms with Gasteiger partial charge in [0.05, 0.1) is 0 Å². The van der Waals surface area contributed by atoms with Gasteiger partial charge in [-0.2, -0.15) is 0 Å². The van der Waals surface area contributed by atoms with E-state index in [0.717, 1.165) is 18.0 Å². The van der Waals surface area contributed by atoms with Crippen LogP contribution in [0, 0.1) is 5.92 Å². The van der Waals surface area contributed by atoms with Crippen LogP contribution in [-0.4, -0.2) is 36.6 Å². The molecule has 19 heavy (non-hydrogen) atoms. The topological polar surface area (TPSA) is 15.3 Å². The summed E-state index contributed by atoms with van der Waals surface area (Å²) in [5, 5.41) is 3.79. The van der Waals surface area contributed by atoms with Gasteiger partial charge in [0.2, 0.25) is 0 Å². The molecule has 0 aromatic heterocycles. The van der Waals surface area contributed by atoms with Crippen LogP contribution < -0.4 is 5.32 Å². The summed E-state index contributed by atoms with van der Waals surface area (Å²) >= 11 is 0. The quantitative estimate of drug-likeness (QED) is 0.786. The minimum absolute atomic E-state index is 0.723. The van der Waals surface area contributed by atoms with Gasteiger partial charge >= 0.3 is 0 Å². The van der Waals surface area contributed by atoms with Crippen molar-refractivity contribution in [2.45, 2.75) is 83.7 Å². The van der Waals surface area contributed by atoms with Crippen molar-refractivity contribution in [3.05, 3.63) is 0 Å². The third kappa shape index (κ3) is 5.07. The van der Waals surface area contributed by atoms with Crippen LogP contribution >= 0.6 is 0 Å². The van der Waals surface area contributed by atoms with Crippen molar-refractivity contribution in [3.63, 3.8) is 0 Å². The first-order valence-electron chi connectivity index (χ1n) is 8.77. The lowest BCUT2D eigenvalue weighted by Gasteiger charge is -2.29. The highest BCUT2D eigenvalue weighted by Crippen LogP contribution is 2.23. The molecule has 1 saturated carbocycles. The number of hydrogen-bond donors (Lipinski definition) is 1. The zero-order valence-corrected chi connectivity index (χ0v) is 13.2. The molecule has 2 nitrogen and oxygen atoms in total. The fourth-order valence-corrected chi connectivity index (χ4v) is 3.92. The smallest absolute Gasteiger partial charge is 0.0192 e. The van der Waals surface area contributed by atoms with Crippen LogP contribution in [0.1, 0.15) is 71.6 Å². The second kappa shape index (κ2) is 8.26. The molecule has 2 aliphatic rings. The highest BCUT2D eigenvalue weighted by Gasteiger charge is 2.21. The molecule has 0 bridgehead atoms. The summed E-state index contributed by atoms with van der Waals surface area (Å²) in [6.45, 7) is 8.61. The van der Waals surface area contributed by atoms with Gasteiger partial charge in [-0.25, -0.2) is 0 Å². The Morgan fingerprint density at radius 3 is 2.58 bits per heavy atom. The average molecular weight is 266 g/mol. The van der Waals surface area contributed by atoms with Gasteiger partial charge in [-0.3, -0.25) is 4.90 Å². The van der Waals surface area contributed by atoms with Crippen molar-refractivity contribution in [2.24, 2.45) is 5.92 Å². The molecule has 1 saturated heterocycles. The minimum atomic E-state index is 0.723. The fourth-order valence-electron chi connectivity index (χ4n) is 3.92. The van der Waals surface area contributed by atoms with Gasteiger partial charge in [0.1, 0.15) is 0 Å². The summed E-state index contributed by atoms with van der Waals surface area (Å²) < 4.78 is 0. The van der Waals surface area contributed by atoms with E-state index in [1.807, 2.05) is 0 Å². The molecular formula is C17H34N2. The highest BCUT2D eigenvalue weighted by atomic mass is 15.2. The van der Waals surface area contributed by atoms with Gasteiger partial charge < -0.3 is 5.32 Å². The van der Waals surface area contributed by atoms with Gasteiger partial charge in [-0.1, -0.05) is 32.6 Å². The van der Waals surface area contributed by atoms with E-state index in [4.69, 9.17) is 0 Å². The molecule has 0 aromatic rings. The first-order chi connectivity index (χ1) is 9.29. The van der Waals surface area contributed by atoms with E-state index < -0.39 is 0 Å². The first kappa shape index (κ1) is 15.3. The third-order valence-electron chi connectivity index (χ3n) is 5.26. The number of nitrogens with one attached hydrogen (secondary N) is 1. The summed E-state index contributed by atoms with van der Waals surface area (Å²) in [5.41, 5.74) is 0. The average Bonchev–Trinajstić information content (AvgIpc) is 2.82. The number of nitrogens with zero attached hydrogens (tertiary/aromatic N) is 1. The van der Waals surface area contributed by atoms with Crippen molar-refractivity contribution < 1.29 is 0 Å². The van der Waals surface area contributed by atoms with E-state index in [1.54, 1.807) is 0 Å². The minimum Gasteiger partial charge on any atom is -0.312 e. The molecule has 0 aromatic carbocycles. The van der Waals surface area contributed by atoms with Crippen LogP contribution in [0.4, 0.5) is 0 Å². The van der Waals surface area contributed by atoms with Crippen LogP contribution in [0.15, 0.2) is 0 Å². The van der Waals surface area contributed by atoms with E-state index in [9.17, 15) is 0 Å². The van der Waals surface area contributed by atoms with Crippen LogP contribution in [0.5, 0.6) is 0 Å². The molecule has 2 atom stereocenters. The van der Waals surface area contributed by atoms with E-state index in [-0.39, 0.29) is 0 Å². The summed E-state index contributed by atoms with van der Waals surface area (Å²) in [6.07, 6.45) is 12.8. The Balaban J connectivity index is 1.68. The van der Waals surface area contributed by atoms with Gasteiger partial charge in [0, 0.05) is 18.6 Å². The molecule has 1 aliphatic heterocycles. The Morgan fingerprint density at radius 2 is 1.84 bits per heavy atom. The molecule has 2 fully saturated rings. The van der Waals surface area contributed by atoms with E-state index in [2.05, 4.69) is 24.1 Å². The van der Waals surface area contributed by atoms with Crippen molar-refractivity contribution in [3.8, 4) is 0 Å². The number of hydrogen-bond acceptors (Lipinski definition) is 2. The van der Waals surface area contributed by atoms with Crippen molar-refractivity contribution in [1.82, 2.24) is 10.2 Å². The van der Waals surface area contributed by atoms with Crippen LogP contribution in [0.2, 0.25) is 0 Å². The van der Waals surface area contributed by atoms with Crippen molar-refractivity contribution in [2.75, 3.05) is 19.6 Å². The summed E-state index contributed by atoms with van der Waals surface area (Å²) in [7, 11) is 0. The van der Waals surface area contributed by atoms with Gasteiger partial charge in [-0.05, 0) is 58.0 Å². The van der Waals surface area contributed by atoms with Gasteiger partial charge in [0.25, 0.3) is 0 Å². The third-order valence-corrected chi connectivity index (χ3v) is 5.26. The summed E-state index contributed by atoms with van der Waals surface area (Å²) in [5.74, 6) is 1.00. The lowest BCUT2D eigenvalue weighted by Crippen LogP contribution is -2.43. The van der Waals surface area contributed by atoms with Crippen LogP contribution in [0.25, 0.3) is 0 Å². The molecule has 0 spiro atoms. The molecule has 2 unspecified atom stereocenters. The monoisotopic (exact) mass is 266 g/mol. The van der Waals surface area contributed by atoms with Crippen molar-refractivity contribution >= 4 is 0 Å². The Labute approximate surface area is 120 Å². The standard InChI is InChI=1S/C17H34N2/c1-3-7-16-8-6-12-19(13-11-16)15(2)14-18-17-9-4-5-10-17/h15-18H,3-14H2,1-2H3. The fraction of sp³-hybridized carbons (Fsp3) is 1.00. The molecule has 1 heterocycles. The maximum Gasteiger partial charge on any atom is 0.0192 e. The summed E-state index contributed by atoms with van der Waals surface area (Å²) in [4.78, 5) is 2.73. The maximum absolute atomic E-state index is 3.79. The Kier molecular flexibility index (Phi) is 6.66. The second-order valence-corrected chi connectivity index (χ2v) is 6.86. The molecule has 112 valence electrons. The largest absolute Gasteiger partial charge is 0.312 e. The molecule has 1 aliphatic carbocycles. The zero-order chi connectivity index (χ0) is 13.5. The molecule has 2 heteroatoms. The SMILES string of the molecule is CCCC1CCCN(C(C)CNC2CCCC2)CC1. The van der Waals surface area contributed by atoms with Crippen LogP contribution in [-0.2, 0) is 0 Å². The predicted molar refractivity (Wildman–Crippen MR) is 83.5 cm³/mol. The Bertz CT molecular complexity index is 235. The molecule has 0 amide bonds. The lowest BCUT2D eigenvalue weighted by molar-refractivity contribution is 0.205. The zero-order valence-electron chi connectivity index (χ0n) is 13.2. The molecule has 2 rings (SSSR count). The van der Waals surface area contributed by atoms with Gasteiger partial charge in [-0.15, -0.1) is 0 Å². The molecular weight excluding hydrogens is 232 g/mol. The van der Waals surface area contributed by atoms with E-state index in [1.165, 1.54) is 77.4 Å².